The number of aryl methyl sites for hydroxylation is 1. The first kappa shape index (κ1) is 21.9. The molecule has 11 heteroatoms. The molecule has 6 N–H and O–H groups in total. The van der Waals surface area contributed by atoms with E-state index in [-0.39, 0.29) is 39.3 Å². The Morgan fingerprint density at radius 1 is 1.21 bits per heavy atom. The molecule has 0 amide bonds. The molecule has 0 aliphatic carbocycles. The maximum Gasteiger partial charge on any atom is 0.267 e. The van der Waals surface area contributed by atoms with Crippen LogP contribution in [0, 0.1) is 18.3 Å². The lowest BCUT2D eigenvalue weighted by molar-refractivity contribution is 0.474. The van der Waals surface area contributed by atoms with Crippen LogP contribution < -0.4 is 22.3 Å². The van der Waals surface area contributed by atoms with E-state index in [0.29, 0.717) is 17.0 Å². The number of aromatic nitrogens is 4. The molecular formula is C22H19ClN8O2. The van der Waals surface area contributed by atoms with Crippen molar-refractivity contribution in [2.24, 2.45) is 0 Å². The summed E-state index contributed by atoms with van der Waals surface area (Å²) in [5.41, 5.74) is 12.7. The second kappa shape index (κ2) is 8.29. The van der Waals surface area contributed by atoms with E-state index in [1.165, 1.54) is 16.7 Å². The second-order valence-electron chi connectivity index (χ2n) is 7.38. The molecule has 10 nitrogen and oxygen atoms in total. The number of rotatable bonds is 4. The van der Waals surface area contributed by atoms with Gasteiger partial charge in [0.05, 0.1) is 27.7 Å². The van der Waals surface area contributed by atoms with E-state index in [2.05, 4.69) is 20.3 Å². The number of aromatic hydroxyl groups is 1. The topological polar surface area (TPSA) is 169 Å². The number of fused-ring (bicyclic) bond motifs is 1. The zero-order valence-corrected chi connectivity index (χ0v) is 18.4. The molecule has 1 atom stereocenters. The molecule has 0 saturated carbocycles. The SMILES string of the molecule is Cc1ccc(O)cc1-n1c(C(C)Nc2nc(N)nc(N)c2C#N)nc2cccc(Cl)c2c1=O. The molecule has 2 heterocycles. The third-order valence-corrected chi connectivity index (χ3v) is 5.43. The van der Waals surface area contributed by atoms with Crippen LogP contribution in [0.4, 0.5) is 17.6 Å². The van der Waals surface area contributed by atoms with E-state index >= 15 is 0 Å². The molecule has 33 heavy (non-hydrogen) atoms. The molecule has 2 aromatic carbocycles. The first-order valence-electron chi connectivity index (χ1n) is 9.82. The summed E-state index contributed by atoms with van der Waals surface area (Å²) < 4.78 is 1.38. The molecule has 4 rings (SSSR count). The van der Waals surface area contributed by atoms with Gasteiger partial charge in [0.15, 0.2) is 5.82 Å². The summed E-state index contributed by atoms with van der Waals surface area (Å²) in [5.74, 6) is 0.203. The molecule has 0 spiro atoms. The monoisotopic (exact) mass is 462 g/mol. The molecule has 0 fully saturated rings. The van der Waals surface area contributed by atoms with Gasteiger partial charge in [0.25, 0.3) is 5.56 Å². The number of nitrogen functional groups attached to an aromatic ring is 2. The van der Waals surface area contributed by atoms with Gasteiger partial charge in [-0.3, -0.25) is 9.36 Å². The lowest BCUT2D eigenvalue weighted by Gasteiger charge is -2.22. The zero-order valence-electron chi connectivity index (χ0n) is 17.7. The predicted octanol–water partition coefficient (Wildman–Crippen LogP) is 3.05. The van der Waals surface area contributed by atoms with Crippen LogP contribution in [0.1, 0.15) is 29.9 Å². The molecule has 0 aliphatic heterocycles. The molecule has 0 bridgehead atoms. The highest BCUT2D eigenvalue weighted by atomic mass is 35.5. The summed E-state index contributed by atoms with van der Waals surface area (Å²) in [6.07, 6.45) is 0. The van der Waals surface area contributed by atoms with Crippen molar-refractivity contribution >= 4 is 40.1 Å². The van der Waals surface area contributed by atoms with Gasteiger partial charge in [-0.05, 0) is 37.6 Å². The Labute approximate surface area is 193 Å². The Morgan fingerprint density at radius 3 is 2.70 bits per heavy atom. The van der Waals surface area contributed by atoms with Crippen LogP contribution in [-0.4, -0.2) is 24.6 Å². The van der Waals surface area contributed by atoms with Crippen LogP contribution in [0.25, 0.3) is 16.6 Å². The van der Waals surface area contributed by atoms with Gasteiger partial charge in [-0.2, -0.15) is 15.2 Å². The van der Waals surface area contributed by atoms with Crippen molar-refractivity contribution in [3.05, 3.63) is 68.7 Å². The number of phenols is 1. The van der Waals surface area contributed by atoms with Crippen LogP contribution >= 0.6 is 11.6 Å². The zero-order chi connectivity index (χ0) is 23.9. The van der Waals surface area contributed by atoms with Crippen LogP contribution in [0.15, 0.2) is 41.2 Å². The Kier molecular flexibility index (Phi) is 5.49. The van der Waals surface area contributed by atoms with Crippen LogP contribution in [-0.2, 0) is 0 Å². The summed E-state index contributed by atoms with van der Waals surface area (Å²) in [6, 6.07) is 11.0. The minimum Gasteiger partial charge on any atom is -0.508 e. The Hall–Kier alpha value is -4.36. The number of hydrogen-bond acceptors (Lipinski definition) is 9. The number of halogens is 1. The Balaban J connectivity index is 1.99. The maximum atomic E-state index is 13.6. The van der Waals surface area contributed by atoms with Crippen molar-refractivity contribution < 1.29 is 5.11 Å². The lowest BCUT2D eigenvalue weighted by atomic mass is 10.1. The van der Waals surface area contributed by atoms with Gasteiger partial charge in [0.1, 0.15) is 29.0 Å². The molecule has 0 radical (unpaired) electrons. The molecule has 0 aliphatic rings. The van der Waals surface area contributed by atoms with Crippen molar-refractivity contribution in [3.63, 3.8) is 0 Å². The van der Waals surface area contributed by atoms with Crippen molar-refractivity contribution in [1.82, 2.24) is 19.5 Å². The fourth-order valence-electron chi connectivity index (χ4n) is 3.55. The first-order valence-corrected chi connectivity index (χ1v) is 10.2. The van der Waals surface area contributed by atoms with Gasteiger partial charge in [-0.1, -0.05) is 23.7 Å². The van der Waals surface area contributed by atoms with Gasteiger partial charge in [-0.25, -0.2) is 4.98 Å². The van der Waals surface area contributed by atoms with E-state index in [1.54, 1.807) is 38.1 Å². The second-order valence-corrected chi connectivity index (χ2v) is 7.79. The Morgan fingerprint density at radius 2 is 1.97 bits per heavy atom. The number of phenolic OH excluding ortho intramolecular Hbond substituents is 1. The summed E-state index contributed by atoms with van der Waals surface area (Å²) in [7, 11) is 0. The summed E-state index contributed by atoms with van der Waals surface area (Å²) in [6.45, 7) is 3.54. The van der Waals surface area contributed by atoms with Gasteiger partial charge in [0.2, 0.25) is 5.95 Å². The van der Waals surface area contributed by atoms with Crippen molar-refractivity contribution in [2.75, 3.05) is 16.8 Å². The quantitative estimate of drug-likeness (QED) is 0.356. The van der Waals surface area contributed by atoms with Gasteiger partial charge in [-0.15, -0.1) is 0 Å². The third kappa shape index (κ3) is 3.86. The smallest absolute Gasteiger partial charge is 0.267 e. The number of nitrogens with two attached hydrogens (primary N) is 2. The maximum absolute atomic E-state index is 13.6. The fourth-order valence-corrected chi connectivity index (χ4v) is 3.80. The van der Waals surface area contributed by atoms with Crippen molar-refractivity contribution in [2.45, 2.75) is 19.9 Å². The van der Waals surface area contributed by atoms with E-state index in [1.807, 2.05) is 6.07 Å². The van der Waals surface area contributed by atoms with Crippen LogP contribution in [0.2, 0.25) is 5.02 Å². The normalized spacial score (nSPS) is 11.8. The van der Waals surface area contributed by atoms with Gasteiger partial charge in [0, 0.05) is 6.07 Å². The van der Waals surface area contributed by atoms with E-state index in [4.69, 9.17) is 23.1 Å². The molecule has 2 aromatic heterocycles. The number of hydrogen-bond donors (Lipinski definition) is 4. The molecule has 0 saturated heterocycles. The summed E-state index contributed by atoms with van der Waals surface area (Å²) in [5, 5.41) is 23.1. The molecule has 4 aromatic rings. The average molecular weight is 463 g/mol. The van der Waals surface area contributed by atoms with Crippen molar-refractivity contribution in [3.8, 4) is 17.5 Å². The standard InChI is InChI=1S/C22H19ClN8O2/c1-10-6-7-12(32)8-16(10)31-20(28-15-5-3-4-14(23)17(15)21(31)33)11(2)27-19-13(9-24)18(25)29-22(26)30-19/h3-8,11,32H,1-2H3,(H5,25,26,27,29,30). The molecule has 1 unspecified atom stereocenters. The Bertz CT molecular complexity index is 1510. The summed E-state index contributed by atoms with van der Waals surface area (Å²) >= 11 is 6.33. The summed E-state index contributed by atoms with van der Waals surface area (Å²) in [4.78, 5) is 26.2. The number of benzene rings is 2. The number of anilines is 3. The average Bonchev–Trinajstić information content (AvgIpc) is 2.75. The predicted molar refractivity (Wildman–Crippen MR) is 126 cm³/mol. The van der Waals surface area contributed by atoms with E-state index in [9.17, 15) is 15.2 Å². The third-order valence-electron chi connectivity index (χ3n) is 5.11. The molecule has 166 valence electrons. The van der Waals surface area contributed by atoms with Crippen molar-refractivity contribution in [1.29, 1.82) is 5.26 Å². The van der Waals surface area contributed by atoms with Gasteiger partial charge >= 0.3 is 0 Å². The highest BCUT2D eigenvalue weighted by Gasteiger charge is 2.22. The minimum absolute atomic E-state index is 0.0160. The fraction of sp³-hybridized carbons (Fsp3) is 0.136. The highest BCUT2D eigenvalue weighted by Crippen LogP contribution is 2.28. The van der Waals surface area contributed by atoms with Crippen LogP contribution in [0.3, 0.4) is 0 Å². The highest BCUT2D eigenvalue weighted by molar-refractivity contribution is 6.35. The molecular weight excluding hydrogens is 444 g/mol. The number of nitriles is 1. The van der Waals surface area contributed by atoms with E-state index in [0.717, 1.165) is 5.56 Å². The first-order chi connectivity index (χ1) is 15.7. The largest absolute Gasteiger partial charge is 0.508 e. The van der Waals surface area contributed by atoms with E-state index < -0.39 is 11.6 Å². The number of nitrogens with one attached hydrogen (secondary N) is 1. The minimum atomic E-state index is -0.649. The van der Waals surface area contributed by atoms with Gasteiger partial charge < -0.3 is 21.9 Å². The van der Waals surface area contributed by atoms with Crippen LogP contribution in [0.5, 0.6) is 5.75 Å². The lowest BCUT2D eigenvalue weighted by Crippen LogP contribution is -2.28. The number of nitrogens with zero attached hydrogens (tertiary/aromatic N) is 5.